The van der Waals surface area contributed by atoms with Gasteiger partial charge in [-0.05, 0) is 50.1 Å². The number of hydrogen-bond donors (Lipinski definition) is 2. The van der Waals surface area contributed by atoms with Crippen molar-refractivity contribution in [1.29, 1.82) is 0 Å². The van der Waals surface area contributed by atoms with Crippen molar-refractivity contribution in [1.82, 2.24) is 5.32 Å². The van der Waals surface area contributed by atoms with E-state index < -0.39 is 10.0 Å². The van der Waals surface area contributed by atoms with Gasteiger partial charge in [-0.1, -0.05) is 61.9 Å². The minimum absolute atomic E-state index is 0.141. The normalized spacial score (nSPS) is 16.7. The summed E-state index contributed by atoms with van der Waals surface area (Å²) >= 11 is 0. The second-order valence-corrected chi connectivity index (χ2v) is 10.4. The second kappa shape index (κ2) is 9.50. The van der Waals surface area contributed by atoms with Gasteiger partial charge < -0.3 is 10.1 Å². The van der Waals surface area contributed by atoms with Gasteiger partial charge in [0.2, 0.25) is 0 Å². The van der Waals surface area contributed by atoms with Gasteiger partial charge in [0.15, 0.2) is 0 Å². The summed E-state index contributed by atoms with van der Waals surface area (Å²) in [6.45, 7) is 6.07. The number of amides is 1. The lowest BCUT2D eigenvalue weighted by Crippen LogP contribution is -2.44. The van der Waals surface area contributed by atoms with E-state index in [4.69, 9.17) is 4.74 Å². The summed E-state index contributed by atoms with van der Waals surface area (Å²) in [5.41, 5.74) is 2.02. The molecule has 178 valence electrons. The molecule has 1 aliphatic heterocycles. The molecule has 3 aromatic carbocycles. The molecule has 0 radical (unpaired) electrons. The van der Waals surface area contributed by atoms with Crippen LogP contribution in [0.3, 0.4) is 0 Å². The van der Waals surface area contributed by atoms with Crippen LogP contribution in [0.2, 0.25) is 0 Å². The van der Waals surface area contributed by atoms with Crippen LogP contribution in [0.5, 0.6) is 5.75 Å². The molecule has 1 heterocycles. The van der Waals surface area contributed by atoms with Gasteiger partial charge in [0.05, 0.1) is 22.2 Å². The van der Waals surface area contributed by atoms with Gasteiger partial charge in [-0.3, -0.25) is 9.52 Å². The highest BCUT2D eigenvalue weighted by molar-refractivity contribution is 7.92. The summed E-state index contributed by atoms with van der Waals surface area (Å²) in [4.78, 5) is 13.6. The van der Waals surface area contributed by atoms with Crippen molar-refractivity contribution in [2.75, 3.05) is 4.72 Å². The average Bonchev–Trinajstić information content (AvgIpc) is 2.84. The molecule has 1 unspecified atom stereocenters. The Hall–Kier alpha value is -3.32. The number of benzene rings is 3. The van der Waals surface area contributed by atoms with Gasteiger partial charge in [0.25, 0.3) is 15.9 Å². The highest BCUT2D eigenvalue weighted by Crippen LogP contribution is 2.42. The maximum absolute atomic E-state index is 13.4. The topological polar surface area (TPSA) is 84.5 Å². The van der Waals surface area contributed by atoms with E-state index in [0.717, 1.165) is 29.7 Å². The lowest BCUT2D eigenvalue weighted by molar-refractivity contribution is 0.0227. The molecule has 0 aromatic heterocycles. The monoisotopic (exact) mass is 478 g/mol. The molecule has 2 N–H and O–H groups in total. The number of aryl methyl sites for hydroxylation is 1. The van der Waals surface area contributed by atoms with Crippen LogP contribution >= 0.6 is 0 Å². The molecule has 1 atom stereocenters. The smallest absolute Gasteiger partial charge is 0.261 e. The van der Waals surface area contributed by atoms with E-state index >= 15 is 0 Å². The fourth-order valence-corrected chi connectivity index (χ4v) is 5.44. The zero-order chi connectivity index (χ0) is 24.3. The van der Waals surface area contributed by atoms with E-state index in [-0.39, 0.29) is 33.7 Å². The lowest BCUT2D eigenvalue weighted by Gasteiger charge is -2.41. The minimum atomic E-state index is -3.84. The van der Waals surface area contributed by atoms with Crippen LogP contribution in [0.15, 0.2) is 77.7 Å². The number of carbonyl (C=O) groups excluding carboxylic acids is 1. The van der Waals surface area contributed by atoms with Crippen LogP contribution in [0, 0.1) is 6.92 Å². The van der Waals surface area contributed by atoms with Crippen molar-refractivity contribution >= 4 is 21.6 Å². The Morgan fingerprint density at radius 3 is 2.32 bits per heavy atom. The van der Waals surface area contributed by atoms with E-state index in [1.807, 2.05) is 31.2 Å². The molecule has 0 spiro atoms. The first-order chi connectivity index (χ1) is 16.3. The minimum Gasteiger partial charge on any atom is -0.487 e. The molecule has 1 aliphatic rings. The summed E-state index contributed by atoms with van der Waals surface area (Å²) in [7, 11) is -3.84. The quantitative estimate of drug-likeness (QED) is 0.462. The lowest BCUT2D eigenvalue weighted by atomic mass is 9.83. The molecule has 0 aliphatic carbocycles. The van der Waals surface area contributed by atoms with Gasteiger partial charge in [-0.25, -0.2) is 8.42 Å². The van der Waals surface area contributed by atoms with Crippen LogP contribution in [-0.4, -0.2) is 19.9 Å². The van der Waals surface area contributed by atoms with Gasteiger partial charge >= 0.3 is 0 Å². The van der Waals surface area contributed by atoms with Gasteiger partial charge in [-0.15, -0.1) is 0 Å². The van der Waals surface area contributed by atoms with Crippen molar-refractivity contribution in [2.45, 2.75) is 56.6 Å². The largest absolute Gasteiger partial charge is 0.487 e. The van der Waals surface area contributed by atoms with Crippen molar-refractivity contribution in [3.8, 4) is 5.75 Å². The number of nitrogens with one attached hydrogen (secondary N) is 2. The Morgan fingerprint density at radius 1 is 0.971 bits per heavy atom. The molecule has 1 amide bonds. The molecule has 3 aromatic rings. The summed E-state index contributed by atoms with van der Waals surface area (Å²) in [6, 6.07) is 20.7. The van der Waals surface area contributed by atoms with Crippen molar-refractivity contribution < 1.29 is 17.9 Å². The first-order valence-corrected chi connectivity index (χ1v) is 13.0. The Balaban J connectivity index is 1.62. The predicted molar refractivity (Wildman–Crippen MR) is 134 cm³/mol. The Morgan fingerprint density at radius 2 is 1.62 bits per heavy atom. The SMILES string of the molecule is CCC1(CC)CC(NC(=O)c2ccccc2NS(=O)(=O)c2ccc(C)cc2)c2ccccc2O1. The Kier molecular flexibility index (Phi) is 6.66. The van der Waals surface area contributed by atoms with Gasteiger partial charge in [0, 0.05) is 12.0 Å². The number of sulfonamides is 1. The molecule has 34 heavy (non-hydrogen) atoms. The molecular formula is C27H30N2O4S. The van der Waals surface area contributed by atoms with Crippen LogP contribution < -0.4 is 14.8 Å². The summed E-state index contributed by atoms with van der Waals surface area (Å²) in [6.07, 6.45) is 2.27. The maximum atomic E-state index is 13.4. The number of carbonyl (C=O) groups is 1. The molecule has 4 rings (SSSR count). The highest BCUT2D eigenvalue weighted by Gasteiger charge is 2.39. The summed E-state index contributed by atoms with van der Waals surface area (Å²) in [5, 5.41) is 3.13. The Labute approximate surface area is 201 Å². The zero-order valence-corrected chi connectivity index (χ0v) is 20.5. The number of hydrogen-bond acceptors (Lipinski definition) is 4. The predicted octanol–water partition coefficient (Wildman–Crippen LogP) is 5.61. The van der Waals surface area contributed by atoms with Crippen LogP contribution in [-0.2, 0) is 10.0 Å². The van der Waals surface area contributed by atoms with Gasteiger partial charge in [0.1, 0.15) is 11.4 Å². The van der Waals surface area contributed by atoms with Crippen LogP contribution in [0.1, 0.15) is 60.6 Å². The number of ether oxygens (including phenoxy) is 1. The Bertz CT molecular complexity index is 1280. The molecule has 6 nitrogen and oxygen atoms in total. The molecule has 0 saturated heterocycles. The molecule has 0 fully saturated rings. The van der Waals surface area contributed by atoms with Crippen molar-refractivity contribution in [2.24, 2.45) is 0 Å². The van der Waals surface area contributed by atoms with E-state index in [2.05, 4.69) is 23.9 Å². The molecular weight excluding hydrogens is 448 g/mol. The standard InChI is InChI=1S/C27H30N2O4S/c1-4-27(5-2)18-24(21-10-7-9-13-25(21)33-27)28-26(30)22-11-6-8-12-23(22)29-34(31,32)20-16-14-19(3)15-17-20/h6-17,24,29H,4-5,18H2,1-3H3,(H,28,30). The second-order valence-electron chi connectivity index (χ2n) is 8.72. The molecule has 0 bridgehead atoms. The number of fused-ring (bicyclic) bond motifs is 1. The first kappa shape index (κ1) is 23.8. The third-order valence-electron chi connectivity index (χ3n) is 6.54. The van der Waals surface area contributed by atoms with E-state index in [1.165, 1.54) is 0 Å². The van der Waals surface area contributed by atoms with Crippen LogP contribution in [0.25, 0.3) is 0 Å². The number of anilines is 1. The van der Waals surface area contributed by atoms with Crippen molar-refractivity contribution in [3.63, 3.8) is 0 Å². The fraction of sp³-hybridized carbons (Fsp3) is 0.296. The fourth-order valence-electron chi connectivity index (χ4n) is 4.36. The highest BCUT2D eigenvalue weighted by atomic mass is 32.2. The van der Waals surface area contributed by atoms with E-state index in [1.54, 1.807) is 48.5 Å². The summed E-state index contributed by atoms with van der Waals surface area (Å²) in [5.74, 6) is 0.432. The molecule has 0 saturated carbocycles. The number of para-hydroxylation sites is 2. The number of rotatable bonds is 7. The van der Waals surface area contributed by atoms with E-state index in [0.29, 0.717) is 6.42 Å². The zero-order valence-electron chi connectivity index (χ0n) is 19.7. The maximum Gasteiger partial charge on any atom is 0.261 e. The van der Waals surface area contributed by atoms with Gasteiger partial charge in [-0.2, -0.15) is 0 Å². The molecule has 7 heteroatoms. The third-order valence-corrected chi connectivity index (χ3v) is 7.92. The average molecular weight is 479 g/mol. The van der Waals surface area contributed by atoms with Crippen LogP contribution in [0.4, 0.5) is 5.69 Å². The summed E-state index contributed by atoms with van der Waals surface area (Å²) < 4.78 is 34.8. The van der Waals surface area contributed by atoms with Crippen molar-refractivity contribution in [3.05, 3.63) is 89.5 Å². The van der Waals surface area contributed by atoms with E-state index in [9.17, 15) is 13.2 Å². The first-order valence-electron chi connectivity index (χ1n) is 11.5. The third kappa shape index (κ3) is 4.80.